The molecule has 0 saturated carbocycles. The number of amides is 1. The molecule has 0 rings (SSSR count). The minimum absolute atomic E-state index is 0.0560. The van der Waals surface area contributed by atoms with E-state index in [1.54, 1.807) is 0 Å². The summed E-state index contributed by atoms with van der Waals surface area (Å²) in [6.45, 7) is 13.9. The van der Waals surface area contributed by atoms with Crippen molar-refractivity contribution < 1.29 is 19.5 Å². The minimum Gasteiger partial charge on any atom is -0.481 e. The van der Waals surface area contributed by atoms with Crippen molar-refractivity contribution in [2.24, 2.45) is 11.8 Å². The summed E-state index contributed by atoms with van der Waals surface area (Å²) in [5, 5.41) is 12.2. The predicted molar refractivity (Wildman–Crippen MR) is 141 cm³/mol. The Hall–Kier alpha value is -1.82. The normalized spacial score (nSPS) is 14.1. The highest BCUT2D eigenvalue weighted by Gasteiger charge is 2.27. The van der Waals surface area contributed by atoms with E-state index in [-0.39, 0.29) is 24.0 Å². The van der Waals surface area contributed by atoms with Crippen LogP contribution in [-0.2, 0) is 14.4 Å². The number of carboxylic acids is 1. The summed E-state index contributed by atoms with van der Waals surface area (Å²) in [7, 11) is 0. The van der Waals surface area contributed by atoms with Gasteiger partial charge in [0.2, 0.25) is 5.91 Å². The maximum absolute atomic E-state index is 12.6. The van der Waals surface area contributed by atoms with Gasteiger partial charge in [0.15, 0.2) is 5.78 Å². The third-order valence-corrected chi connectivity index (χ3v) is 6.30. The Labute approximate surface area is 205 Å². The predicted octanol–water partition coefficient (Wildman–Crippen LogP) is 6.35. The van der Waals surface area contributed by atoms with Crippen LogP contribution in [-0.4, -0.2) is 40.3 Å². The van der Waals surface area contributed by atoms with Crippen molar-refractivity contribution in [3.8, 4) is 0 Å². The summed E-state index contributed by atoms with van der Waals surface area (Å²) in [6.07, 6.45) is 11.4. The van der Waals surface area contributed by atoms with Crippen molar-refractivity contribution in [1.29, 1.82) is 0 Å². The van der Waals surface area contributed by atoms with Gasteiger partial charge in [-0.05, 0) is 65.7 Å². The lowest BCUT2D eigenvalue weighted by molar-refractivity contribution is -0.143. The van der Waals surface area contributed by atoms with Crippen LogP contribution in [0.5, 0.6) is 0 Å². The number of ketones is 1. The summed E-state index contributed by atoms with van der Waals surface area (Å²) in [5.41, 5.74) is 4.07. The number of nitrogens with one attached hydrogen (secondary N) is 1. The number of carbonyl (C=O) groups is 3. The molecule has 0 aromatic heterocycles. The van der Waals surface area contributed by atoms with Gasteiger partial charge in [0, 0.05) is 24.9 Å². The average molecular weight is 480 g/mol. The van der Waals surface area contributed by atoms with Crippen LogP contribution in [0.25, 0.3) is 0 Å². The van der Waals surface area contributed by atoms with Crippen LogP contribution in [0, 0.1) is 11.8 Å². The van der Waals surface area contributed by atoms with Gasteiger partial charge >= 0.3 is 5.97 Å². The third-order valence-electron chi connectivity index (χ3n) is 5.26. The van der Waals surface area contributed by atoms with E-state index in [0.717, 1.165) is 31.4 Å². The molecule has 0 radical (unpaired) electrons. The average Bonchev–Trinajstić information content (AvgIpc) is 2.68. The fourth-order valence-electron chi connectivity index (χ4n) is 3.34. The van der Waals surface area contributed by atoms with E-state index >= 15 is 0 Å². The van der Waals surface area contributed by atoms with Gasteiger partial charge in [-0.2, -0.15) is 11.8 Å². The quantitative estimate of drug-likeness (QED) is 0.188. The van der Waals surface area contributed by atoms with Crippen LogP contribution >= 0.6 is 11.8 Å². The first-order valence-corrected chi connectivity index (χ1v) is 13.1. The summed E-state index contributed by atoms with van der Waals surface area (Å²) in [6, 6.07) is -0.616. The Morgan fingerprint density at radius 1 is 0.909 bits per heavy atom. The second-order valence-electron chi connectivity index (χ2n) is 9.59. The highest BCUT2D eigenvalue weighted by molar-refractivity contribution is 7.99. The first-order valence-electron chi connectivity index (χ1n) is 12.0. The fraction of sp³-hybridized carbons (Fsp3) is 0.667. The van der Waals surface area contributed by atoms with Gasteiger partial charge in [-0.25, -0.2) is 0 Å². The molecular weight excluding hydrogens is 434 g/mol. The van der Waals surface area contributed by atoms with Gasteiger partial charge < -0.3 is 10.4 Å². The molecule has 0 aromatic rings. The third kappa shape index (κ3) is 17.3. The Morgan fingerprint density at radius 3 is 2.00 bits per heavy atom. The van der Waals surface area contributed by atoms with Crippen molar-refractivity contribution >= 4 is 29.4 Å². The molecular formula is C27H45NO4S. The molecule has 6 heteroatoms. The zero-order chi connectivity index (χ0) is 25.4. The number of rotatable bonds is 17. The van der Waals surface area contributed by atoms with Gasteiger partial charge in [-0.3, -0.25) is 14.4 Å². The number of allylic oxidation sites excluding steroid dienone is 5. The molecule has 0 spiro atoms. The first-order chi connectivity index (χ1) is 15.4. The van der Waals surface area contributed by atoms with Gasteiger partial charge in [0.05, 0.1) is 12.0 Å². The van der Waals surface area contributed by atoms with Crippen molar-refractivity contribution in [1.82, 2.24) is 5.32 Å². The Bertz CT molecular complexity index is 718. The summed E-state index contributed by atoms with van der Waals surface area (Å²) < 4.78 is 0. The number of aliphatic carboxylic acids is 1. The second-order valence-corrected chi connectivity index (χ2v) is 10.7. The van der Waals surface area contributed by atoms with E-state index in [1.165, 1.54) is 35.4 Å². The van der Waals surface area contributed by atoms with Crippen molar-refractivity contribution in [2.45, 2.75) is 93.0 Å². The zero-order valence-corrected chi connectivity index (χ0v) is 22.5. The van der Waals surface area contributed by atoms with Crippen LogP contribution in [0.2, 0.25) is 0 Å². The number of Topliss-reactive ketones (excluding diaryl/α,β-unsaturated/α-hetero) is 1. The lowest BCUT2D eigenvalue weighted by Gasteiger charge is -2.20. The maximum atomic E-state index is 12.6. The Morgan fingerprint density at radius 2 is 1.48 bits per heavy atom. The molecule has 5 nitrogen and oxygen atoms in total. The number of carboxylic acid groups (broad SMARTS) is 1. The molecule has 2 atom stereocenters. The first kappa shape index (κ1) is 31.2. The maximum Gasteiger partial charge on any atom is 0.307 e. The summed E-state index contributed by atoms with van der Waals surface area (Å²) >= 11 is 1.53. The second kappa shape index (κ2) is 17.6. The van der Waals surface area contributed by atoms with Gasteiger partial charge in [0.1, 0.15) is 0 Å². The molecule has 188 valence electrons. The number of thioether (sulfide) groups is 1. The van der Waals surface area contributed by atoms with E-state index in [0.29, 0.717) is 12.2 Å². The minimum atomic E-state index is -0.962. The lowest BCUT2D eigenvalue weighted by Crippen LogP contribution is -2.42. The summed E-state index contributed by atoms with van der Waals surface area (Å²) in [4.78, 5) is 35.7. The Balaban J connectivity index is 4.55. The topological polar surface area (TPSA) is 83.5 Å². The highest BCUT2D eigenvalue weighted by Crippen LogP contribution is 2.18. The van der Waals surface area contributed by atoms with Crippen LogP contribution in [0.15, 0.2) is 34.9 Å². The van der Waals surface area contributed by atoms with Crippen LogP contribution < -0.4 is 5.32 Å². The largest absolute Gasteiger partial charge is 0.481 e. The van der Waals surface area contributed by atoms with Gasteiger partial charge in [-0.1, -0.05) is 48.8 Å². The highest BCUT2D eigenvalue weighted by atomic mass is 32.2. The lowest BCUT2D eigenvalue weighted by atomic mass is 9.94. The van der Waals surface area contributed by atoms with Crippen molar-refractivity contribution in [2.75, 3.05) is 11.5 Å². The molecule has 0 saturated heterocycles. The fourth-order valence-corrected chi connectivity index (χ4v) is 4.42. The molecule has 0 aliphatic carbocycles. The molecule has 1 amide bonds. The van der Waals surface area contributed by atoms with Gasteiger partial charge in [0.25, 0.3) is 0 Å². The molecule has 0 bridgehead atoms. The van der Waals surface area contributed by atoms with Crippen molar-refractivity contribution in [3.63, 3.8) is 0 Å². The van der Waals surface area contributed by atoms with E-state index in [1.807, 2.05) is 13.8 Å². The monoisotopic (exact) mass is 479 g/mol. The number of hydrogen-bond donors (Lipinski definition) is 2. The van der Waals surface area contributed by atoms with Crippen LogP contribution in [0.3, 0.4) is 0 Å². The SMILES string of the molecule is CC(=O)NC(CC(C)C)C(=O)CC(CSC/C=C(\C)CC/C=C(\C)CCC=C(C)C)C(=O)O. The molecule has 2 unspecified atom stereocenters. The molecule has 33 heavy (non-hydrogen) atoms. The molecule has 0 heterocycles. The van der Waals surface area contributed by atoms with Crippen LogP contribution in [0.4, 0.5) is 0 Å². The van der Waals surface area contributed by atoms with Crippen molar-refractivity contribution in [3.05, 3.63) is 34.9 Å². The zero-order valence-electron chi connectivity index (χ0n) is 21.7. The number of hydrogen-bond acceptors (Lipinski definition) is 4. The molecule has 2 N–H and O–H groups in total. The van der Waals surface area contributed by atoms with E-state index < -0.39 is 17.9 Å². The summed E-state index contributed by atoms with van der Waals surface area (Å²) in [5.74, 6) is -0.842. The standard InChI is InChI=1S/C27H45NO4S/c1-19(2)10-8-11-21(5)12-9-13-22(6)14-15-33-18-24(27(31)32)17-26(30)25(16-20(3)4)28-23(7)29/h10,12,14,20,24-25H,8-9,11,13,15-18H2,1-7H3,(H,28,29)(H,31,32)/b21-12+,22-14+. The van der Waals surface area contributed by atoms with E-state index in [2.05, 4.69) is 51.2 Å². The smallest absolute Gasteiger partial charge is 0.307 e. The van der Waals surface area contributed by atoms with E-state index in [4.69, 9.17) is 0 Å². The van der Waals surface area contributed by atoms with E-state index in [9.17, 15) is 19.5 Å². The molecule has 0 aliphatic heterocycles. The van der Waals surface area contributed by atoms with Gasteiger partial charge in [-0.15, -0.1) is 0 Å². The Kier molecular flexibility index (Phi) is 16.7. The molecule has 0 aliphatic rings. The molecule has 0 aromatic carbocycles. The molecule has 0 fully saturated rings. The number of carbonyl (C=O) groups excluding carboxylic acids is 2. The van der Waals surface area contributed by atoms with Crippen LogP contribution in [0.1, 0.15) is 87.0 Å².